The first-order valence-corrected chi connectivity index (χ1v) is 6.70. The lowest BCUT2D eigenvalue weighted by molar-refractivity contribution is -0.136. The van der Waals surface area contributed by atoms with Gasteiger partial charge in [0, 0.05) is 6.54 Å². The number of aliphatic carboxylic acids is 1. The normalized spacial score (nSPS) is 10.6. The minimum Gasteiger partial charge on any atom is -0.481 e. The number of carbonyl (C=O) groups is 1. The number of carboxylic acid groups (broad SMARTS) is 1. The van der Waals surface area contributed by atoms with E-state index < -0.39 is 5.97 Å². The van der Waals surface area contributed by atoms with E-state index in [4.69, 9.17) is 5.11 Å². The zero-order chi connectivity index (χ0) is 12.1. The molecule has 0 unspecified atom stereocenters. The quantitative estimate of drug-likeness (QED) is 0.505. The molecule has 0 aliphatic carbocycles. The predicted molar refractivity (Wildman–Crippen MR) is 67.7 cm³/mol. The summed E-state index contributed by atoms with van der Waals surface area (Å²) < 4.78 is 0. The molecule has 3 heteroatoms. The molecule has 0 saturated heterocycles. The van der Waals surface area contributed by atoms with Gasteiger partial charge in [0.1, 0.15) is 0 Å². The van der Waals surface area contributed by atoms with Crippen molar-refractivity contribution in [3.63, 3.8) is 0 Å². The standard InChI is InChI=1S/C13H27NO2/c1-2-3-4-5-6-7-8-9-11-14-12-10-13(15)16/h14H,2-12H2,1H3,(H,15,16). The van der Waals surface area contributed by atoms with E-state index >= 15 is 0 Å². The second-order valence-electron chi connectivity index (χ2n) is 4.37. The molecule has 0 saturated carbocycles. The molecule has 0 aliphatic rings. The van der Waals surface area contributed by atoms with Crippen molar-refractivity contribution in [1.29, 1.82) is 0 Å². The Labute approximate surface area is 99.6 Å². The molecule has 0 spiro atoms. The zero-order valence-corrected chi connectivity index (χ0v) is 10.6. The van der Waals surface area contributed by atoms with E-state index in [1.165, 1.54) is 51.4 Å². The average Bonchev–Trinajstić information content (AvgIpc) is 2.25. The van der Waals surface area contributed by atoms with Gasteiger partial charge in [-0.05, 0) is 13.0 Å². The number of carboxylic acids is 1. The van der Waals surface area contributed by atoms with Crippen LogP contribution < -0.4 is 5.32 Å². The van der Waals surface area contributed by atoms with E-state index in [9.17, 15) is 4.79 Å². The fourth-order valence-electron chi connectivity index (χ4n) is 1.70. The Bertz CT molecular complexity index is 160. The summed E-state index contributed by atoms with van der Waals surface area (Å²) in [6, 6.07) is 0. The highest BCUT2D eigenvalue weighted by molar-refractivity contribution is 5.66. The van der Waals surface area contributed by atoms with Gasteiger partial charge in [-0.2, -0.15) is 0 Å². The molecule has 0 radical (unpaired) electrons. The molecule has 0 heterocycles. The molecule has 3 nitrogen and oxygen atoms in total. The maximum absolute atomic E-state index is 10.2. The molecule has 2 N–H and O–H groups in total. The molecule has 96 valence electrons. The Hall–Kier alpha value is -0.570. The van der Waals surface area contributed by atoms with Gasteiger partial charge in [0.25, 0.3) is 0 Å². The first kappa shape index (κ1) is 15.4. The highest BCUT2D eigenvalue weighted by atomic mass is 16.4. The largest absolute Gasteiger partial charge is 0.481 e. The van der Waals surface area contributed by atoms with Crippen LogP contribution in [0.4, 0.5) is 0 Å². The molecule has 0 atom stereocenters. The van der Waals surface area contributed by atoms with Crippen LogP contribution in [0.3, 0.4) is 0 Å². The summed E-state index contributed by atoms with van der Waals surface area (Å²) >= 11 is 0. The highest BCUT2D eigenvalue weighted by Gasteiger charge is 1.95. The fraction of sp³-hybridized carbons (Fsp3) is 0.923. The first-order chi connectivity index (χ1) is 7.77. The third-order valence-corrected chi connectivity index (χ3v) is 2.72. The van der Waals surface area contributed by atoms with Crippen molar-refractivity contribution in [2.24, 2.45) is 0 Å². The van der Waals surface area contributed by atoms with Crippen molar-refractivity contribution in [2.75, 3.05) is 13.1 Å². The monoisotopic (exact) mass is 229 g/mol. The Morgan fingerprint density at radius 1 is 0.938 bits per heavy atom. The second-order valence-corrected chi connectivity index (χ2v) is 4.37. The summed E-state index contributed by atoms with van der Waals surface area (Å²) in [5, 5.41) is 11.6. The van der Waals surface area contributed by atoms with Crippen LogP contribution in [-0.4, -0.2) is 24.2 Å². The van der Waals surface area contributed by atoms with Crippen LogP contribution in [0, 0.1) is 0 Å². The van der Waals surface area contributed by atoms with Crippen molar-refractivity contribution in [2.45, 2.75) is 64.7 Å². The van der Waals surface area contributed by atoms with E-state index in [1.54, 1.807) is 0 Å². The molecule has 0 aliphatic heterocycles. The summed E-state index contributed by atoms with van der Waals surface area (Å²) in [6.07, 6.45) is 10.8. The number of rotatable bonds is 12. The Kier molecular flexibility index (Phi) is 12.1. The van der Waals surface area contributed by atoms with E-state index in [2.05, 4.69) is 12.2 Å². The SMILES string of the molecule is CCCCCCCCCCNCCC(=O)O. The van der Waals surface area contributed by atoms with E-state index in [1.807, 2.05) is 0 Å². The smallest absolute Gasteiger partial charge is 0.304 e. The lowest BCUT2D eigenvalue weighted by atomic mass is 10.1. The van der Waals surface area contributed by atoms with E-state index in [0.717, 1.165) is 6.54 Å². The lowest BCUT2D eigenvalue weighted by Gasteiger charge is -2.03. The Balaban J connectivity index is 2.90. The van der Waals surface area contributed by atoms with Crippen molar-refractivity contribution < 1.29 is 9.90 Å². The van der Waals surface area contributed by atoms with Crippen molar-refractivity contribution >= 4 is 5.97 Å². The Morgan fingerprint density at radius 2 is 1.50 bits per heavy atom. The van der Waals surface area contributed by atoms with Gasteiger partial charge in [0.15, 0.2) is 0 Å². The van der Waals surface area contributed by atoms with Crippen LogP contribution in [-0.2, 0) is 4.79 Å². The third-order valence-electron chi connectivity index (χ3n) is 2.72. The molecule has 0 bridgehead atoms. The third kappa shape index (κ3) is 13.4. The predicted octanol–water partition coefficient (Wildman–Crippen LogP) is 3.19. The van der Waals surface area contributed by atoms with Crippen LogP contribution in [0.2, 0.25) is 0 Å². The summed E-state index contributed by atoms with van der Waals surface area (Å²) in [7, 11) is 0. The number of unbranched alkanes of at least 4 members (excludes halogenated alkanes) is 7. The zero-order valence-electron chi connectivity index (χ0n) is 10.6. The van der Waals surface area contributed by atoms with Gasteiger partial charge in [0.05, 0.1) is 6.42 Å². The van der Waals surface area contributed by atoms with Gasteiger partial charge in [0.2, 0.25) is 0 Å². The fourth-order valence-corrected chi connectivity index (χ4v) is 1.70. The minimum atomic E-state index is -0.719. The molecule has 0 aromatic rings. The first-order valence-electron chi connectivity index (χ1n) is 6.70. The van der Waals surface area contributed by atoms with Crippen LogP contribution in [0.15, 0.2) is 0 Å². The molecular weight excluding hydrogens is 202 g/mol. The maximum Gasteiger partial charge on any atom is 0.304 e. The van der Waals surface area contributed by atoms with Crippen molar-refractivity contribution in [3.8, 4) is 0 Å². The summed E-state index contributed by atoms with van der Waals surface area (Å²) in [4.78, 5) is 10.2. The van der Waals surface area contributed by atoms with Gasteiger partial charge >= 0.3 is 5.97 Å². The second kappa shape index (κ2) is 12.5. The molecule has 0 rings (SSSR count). The lowest BCUT2D eigenvalue weighted by Crippen LogP contribution is -2.19. The molecule has 0 fully saturated rings. The van der Waals surface area contributed by atoms with Gasteiger partial charge in [-0.15, -0.1) is 0 Å². The van der Waals surface area contributed by atoms with Gasteiger partial charge < -0.3 is 10.4 Å². The Morgan fingerprint density at radius 3 is 2.06 bits per heavy atom. The van der Waals surface area contributed by atoms with Gasteiger partial charge in [-0.25, -0.2) is 0 Å². The molecular formula is C13H27NO2. The van der Waals surface area contributed by atoms with Crippen molar-refractivity contribution in [1.82, 2.24) is 5.32 Å². The topological polar surface area (TPSA) is 49.3 Å². The van der Waals surface area contributed by atoms with E-state index in [0.29, 0.717) is 6.54 Å². The maximum atomic E-state index is 10.2. The van der Waals surface area contributed by atoms with Crippen LogP contribution in [0.5, 0.6) is 0 Å². The highest BCUT2D eigenvalue weighted by Crippen LogP contribution is 2.07. The molecule has 0 amide bonds. The van der Waals surface area contributed by atoms with Crippen molar-refractivity contribution in [3.05, 3.63) is 0 Å². The molecule has 16 heavy (non-hydrogen) atoms. The number of hydrogen-bond acceptors (Lipinski definition) is 2. The van der Waals surface area contributed by atoms with Crippen LogP contribution in [0.1, 0.15) is 64.7 Å². The number of hydrogen-bond donors (Lipinski definition) is 2. The molecule has 0 aromatic carbocycles. The van der Waals surface area contributed by atoms with Crippen LogP contribution in [0.25, 0.3) is 0 Å². The number of nitrogens with one attached hydrogen (secondary N) is 1. The minimum absolute atomic E-state index is 0.233. The average molecular weight is 229 g/mol. The van der Waals surface area contributed by atoms with Gasteiger partial charge in [-0.1, -0.05) is 51.9 Å². The van der Waals surface area contributed by atoms with E-state index in [-0.39, 0.29) is 6.42 Å². The van der Waals surface area contributed by atoms with Gasteiger partial charge in [-0.3, -0.25) is 4.79 Å². The summed E-state index contributed by atoms with van der Waals surface area (Å²) in [5.74, 6) is -0.719. The summed E-state index contributed by atoms with van der Waals surface area (Å²) in [6.45, 7) is 3.80. The van der Waals surface area contributed by atoms with Crippen LogP contribution >= 0.6 is 0 Å². The molecule has 0 aromatic heterocycles. The summed E-state index contributed by atoms with van der Waals surface area (Å²) in [5.41, 5.74) is 0.